The van der Waals surface area contributed by atoms with Crippen LogP contribution < -0.4 is 4.48 Å². The van der Waals surface area contributed by atoms with E-state index in [2.05, 4.69) is 53.1 Å². The van der Waals surface area contributed by atoms with Crippen LogP contribution in [0.15, 0.2) is 18.2 Å². The van der Waals surface area contributed by atoms with Gasteiger partial charge >= 0.3 is 0 Å². The molecular formula is C22H40N+. The summed E-state index contributed by atoms with van der Waals surface area (Å²) in [5.74, 6) is 0. The van der Waals surface area contributed by atoms with E-state index in [-0.39, 0.29) is 0 Å². The van der Waals surface area contributed by atoms with Crippen molar-refractivity contribution < 1.29 is 0 Å². The fraction of sp³-hybridized carbons (Fsp3) is 0.727. The second kappa shape index (κ2) is 10.9. The second-order valence-corrected chi connectivity index (χ2v) is 7.88. The summed E-state index contributed by atoms with van der Waals surface area (Å²) >= 11 is 0. The third-order valence-corrected chi connectivity index (χ3v) is 5.08. The van der Waals surface area contributed by atoms with Gasteiger partial charge in [0.15, 0.2) is 0 Å². The van der Waals surface area contributed by atoms with E-state index in [9.17, 15) is 0 Å². The Morgan fingerprint density at radius 1 is 0.739 bits per heavy atom. The first-order chi connectivity index (χ1) is 11.0. The Hall–Kier alpha value is -0.820. The molecule has 1 aromatic carbocycles. The molecule has 0 bridgehead atoms. The molecule has 0 fully saturated rings. The summed E-state index contributed by atoms with van der Waals surface area (Å²) in [6.07, 6.45) is 14.1. The van der Waals surface area contributed by atoms with E-state index in [1.807, 2.05) is 0 Å². The van der Waals surface area contributed by atoms with Gasteiger partial charge in [-0.2, -0.15) is 0 Å². The third-order valence-electron chi connectivity index (χ3n) is 5.08. The standard InChI is InChI=1S/C22H40N/c1-6-7-8-9-10-11-12-13-14-15-18-23(4,5)22-17-16-20(2)19-21(22)3/h16-17,19H,6-15,18H2,1-5H3/q+1. The molecule has 0 aliphatic carbocycles. The lowest BCUT2D eigenvalue weighted by molar-refractivity contribution is 0.379. The van der Waals surface area contributed by atoms with E-state index in [4.69, 9.17) is 0 Å². The van der Waals surface area contributed by atoms with Crippen LogP contribution in [-0.2, 0) is 0 Å². The molecule has 1 aromatic rings. The molecule has 0 aromatic heterocycles. The number of aryl methyl sites for hydroxylation is 2. The molecule has 0 spiro atoms. The SMILES string of the molecule is CCCCCCCCCCCC[N+](C)(C)c1ccc(C)cc1C. The van der Waals surface area contributed by atoms with Gasteiger partial charge in [0.2, 0.25) is 0 Å². The Morgan fingerprint density at radius 2 is 1.26 bits per heavy atom. The van der Waals surface area contributed by atoms with Gasteiger partial charge in [0.05, 0.1) is 20.6 Å². The van der Waals surface area contributed by atoms with Crippen molar-refractivity contribution in [1.82, 2.24) is 4.48 Å². The highest BCUT2D eigenvalue weighted by molar-refractivity contribution is 5.50. The van der Waals surface area contributed by atoms with Crippen molar-refractivity contribution in [2.75, 3.05) is 20.6 Å². The zero-order valence-corrected chi connectivity index (χ0v) is 16.5. The fourth-order valence-corrected chi connectivity index (χ4v) is 3.60. The first kappa shape index (κ1) is 20.2. The number of benzene rings is 1. The lowest BCUT2D eigenvalue weighted by atomic mass is 10.1. The van der Waals surface area contributed by atoms with Crippen LogP contribution in [0.3, 0.4) is 0 Å². The summed E-state index contributed by atoms with van der Waals surface area (Å²) in [5.41, 5.74) is 4.28. The maximum absolute atomic E-state index is 2.35. The van der Waals surface area contributed by atoms with Crippen LogP contribution in [0.4, 0.5) is 5.69 Å². The molecule has 0 radical (unpaired) electrons. The van der Waals surface area contributed by atoms with Gasteiger partial charge in [-0.3, -0.25) is 4.48 Å². The number of hydrogen-bond donors (Lipinski definition) is 0. The normalized spacial score (nSPS) is 11.9. The van der Waals surface area contributed by atoms with E-state index in [1.165, 1.54) is 87.6 Å². The first-order valence-electron chi connectivity index (χ1n) is 9.88. The summed E-state index contributed by atoms with van der Waals surface area (Å²) < 4.78 is 1.02. The van der Waals surface area contributed by atoms with Gasteiger partial charge in [-0.15, -0.1) is 0 Å². The Balaban J connectivity index is 2.17. The molecule has 1 rings (SSSR count). The minimum absolute atomic E-state index is 1.02. The maximum atomic E-state index is 2.35. The molecular weight excluding hydrogens is 278 g/mol. The summed E-state index contributed by atoms with van der Waals surface area (Å²) in [4.78, 5) is 0. The van der Waals surface area contributed by atoms with Crippen molar-refractivity contribution in [3.05, 3.63) is 29.3 Å². The highest BCUT2D eigenvalue weighted by Gasteiger charge is 2.20. The molecule has 1 nitrogen and oxygen atoms in total. The lowest BCUT2D eigenvalue weighted by Crippen LogP contribution is -2.41. The maximum Gasteiger partial charge on any atom is 0.135 e. The number of quaternary nitrogens is 1. The highest BCUT2D eigenvalue weighted by Crippen LogP contribution is 2.25. The summed E-state index contributed by atoms with van der Waals surface area (Å²) in [7, 11) is 4.71. The van der Waals surface area contributed by atoms with Crippen LogP contribution in [0.25, 0.3) is 0 Å². The number of rotatable bonds is 12. The average Bonchev–Trinajstić information content (AvgIpc) is 2.48. The Kier molecular flexibility index (Phi) is 9.55. The quantitative estimate of drug-likeness (QED) is 0.294. The Morgan fingerprint density at radius 3 is 1.78 bits per heavy atom. The minimum Gasteiger partial charge on any atom is -0.296 e. The Labute approximate surface area is 145 Å². The van der Waals surface area contributed by atoms with Crippen molar-refractivity contribution in [3.8, 4) is 0 Å². The monoisotopic (exact) mass is 318 g/mol. The van der Waals surface area contributed by atoms with Gasteiger partial charge in [0, 0.05) is 5.56 Å². The van der Waals surface area contributed by atoms with Crippen LogP contribution >= 0.6 is 0 Å². The molecule has 0 saturated heterocycles. The van der Waals surface area contributed by atoms with Crippen molar-refractivity contribution in [1.29, 1.82) is 0 Å². The molecule has 0 heterocycles. The van der Waals surface area contributed by atoms with Gasteiger partial charge in [-0.1, -0.05) is 76.0 Å². The van der Waals surface area contributed by atoms with Crippen LogP contribution in [0.1, 0.15) is 82.3 Å². The molecule has 0 N–H and O–H groups in total. The Bertz CT molecular complexity index is 434. The van der Waals surface area contributed by atoms with Crippen LogP contribution in [-0.4, -0.2) is 20.6 Å². The third kappa shape index (κ3) is 8.01. The molecule has 0 aliphatic heterocycles. The van der Waals surface area contributed by atoms with Crippen molar-refractivity contribution in [2.45, 2.75) is 85.0 Å². The topological polar surface area (TPSA) is 0 Å². The van der Waals surface area contributed by atoms with Crippen molar-refractivity contribution >= 4 is 5.69 Å². The van der Waals surface area contributed by atoms with E-state index in [1.54, 1.807) is 0 Å². The number of hydrogen-bond acceptors (Lipinski definition) is 0. The van der Waals surface area contributed by atoms with Crippen molar-refractivity contribution in [3.63, 3.8) is 0 Å². The summed E-state index contributed by atoms with van der Waals surface area (Å²) in [6.45, 7) is 7.97. The molecule has 0 atom stereocenters. The van der Waals surface area contributed by atoms with E-state index in [0.717, 1.165) is 4.48 Å². The van der Waals surface area contributed by atoms with Crippen LogP contribution in [0.2, 0.25) is 0 Å². The van der Waals surface area contributed by atoms with Crippen LogP contribution in [0, 0.1) is 13.8 Å². The predicted molar refractivity (Wildman–Crippen MR) is 106 cm³/mol. The molecule has 23 heavy (non-hydrogen) atoms. The average molecular weight is 319 g/mol. The highest BCUT2D eigenvalue weighted by atomic mass is 15.3. The molecule has 0 unspecified atom stereocenters. The van der Waals surface area contributed by atoms with Gasteiger partial charge in [0.25, 0.3) is 0 Å². The van der Waals surface area contributed by atoms with Crippen molar-refractivity contribution in [2.24, 2.45) is 0 Å². The first-order valence-corrected chi connectivity index (χ1v) is 9.88. The smallest absolute Gasteiger partial charge is 0.135 e. The predicted octanol–water partition coefficient (Wildman–Crippen LogP) is 6.79. The zero-order valence-electron chi connectivity index (χ0n) is 16.5. The largest absolute Gasteiger partial charge is 0.296 e. The molecule has 0 saturated carbocycles. The second-order valence-electron chi connectivity index (χ2n) is 7.88. The van der Waals surface area contributed by atoms with Gasteiger partial charge in [-0.25, -0.2) is 0 Å². The van der Waals surface area contributed by atoms with Crippen LogP contribution in [0.5, 0.6) is 0 Å². The zero-order chi connectivity index (χ0) is 17.1. The molecule has 0 aliphatic rings. The van der Waals surface area contributed by atoms with Gasteiger partial charge in [0.1, 0.15) is 5.69 Å². The lowest BCUT2D eigenvalue weighted by Gasteiger charge is -2.31. The fourth-order valence-electron chi connectivity index (χ4n) is 3.60. The number of unbranched alkanes of at least 4 members (excludes halogenated alkanes) is 9. The summed E-state index contributed by atoms with van der Waals surface area (Å²) in [6, 6.07) is 6.88. The molecule has 1 heteroatoms. The van der Waals surface area contributed by atoms with E-state index in [0.29, 0.717) is 0 Å². The van der Waals surface area contributed by atoms with Gasteiger partial charge < -0.3 is 0 Å². The van der Waals surface area contributed by atoms with E-state index >= 15 is 0 Å². The molecule has 0 amide bonds. The van der Waals surface area contributed by atoms with E-state index < -0.39 is 0 Å². The minimum atomic E-state index is 1.02. The molecule has 132 valence electrons. The summed E-state index contributed by atoms with van der Waals surface area (Å²) in [5, 5.41) is 0. The van der Waals surface area contributed by atoms with Gasteiger partial charge in [-0.05, 0) is 32.8 Å². The number of nitrogens with zero attached hydrogens (tertiary/aromatic N) is 1.